The van der Waals surface area contributed by atoms with E-state index < -0.39 is 0 Å². The molecule has 0 radical (unpaired) electrons. The van der Waals surface area contributed by atoms with Crippen molar-refractivity contribution in [2.45, 2.75) is 13.0 Å². The van der Waals surface area contributed by atoms with Crippen molar-refractivity contribution in [3.05, 3.63) is 88.6 Å². The number of carbonyl (C=O) groups is 1. The maximum absolute atomic E-state index is 12.4. The first-order valence-electron chi connectivity index (χ1n) is 7.52. The Balaban J connectivity index is 1.85. The van der Waals surface area contributed by atoms with E-state index in [1.54, 1.807) is 24.5 Å². The average molecular weight is 320 g/mol. The van der Waals surface area contributed by atoms with Gasteiger partial charge in [0.05, 0.1) is 11.7 Å². The summed E-state index contributed by atoms with van der Waals surface area (Å²) in [4.78, 5) is 28.4. The van der Waals surface area contributed by atoms with Crippen molar-refractivity contribution < 1.29 is 4.79 Å². The van der Waals surface area contributed by atoms with Gasteiger partial charge in [-0.3, -0.25) is 14.6 Å². The summed E-state index contributed by atoms with van der Waals surface area (Å²) in [5, 5.41) is 7.03. The second kappa shape index (κ2) is 6.87. The van der Waals surface area contributed by atoms with Gasteiger partial charge in [0.1, 0.15) is 5.69 Å². The van der Waals surface area contributed by atoms with Crippen molar-refractivity contribution >= 4 is 5.91 Å². The molecular formula is C18H16N4O2. The molecule has 0 saturated heterocycles. The molecule has 0 aliphatic heterocycles. The van der Waals surface area contributed by atoms with Gasteiger partial charge in [-0.1, -0.05) is 18.2 Å². The molecule has 1 unspecified atom stereocenters. The third-order valence-electron chi connectivity index (χ3n) is 3.59. The van der Waals surface area contributed by atoms with Crippen LogP contribution in [0.1, 0.15) is 29.0 Å². The monoisotopic (exact) mass is 320 g/mol. The van der Waals surface area contributed by atoms with Gasteiger partial charge >= 0.3 is 0 Å². The smallest absolute Gasteiger partial charge is 0.272 e. The zero-order valence-corrected chi connectivity index (χ0v) is 13.1. The van der Waals surface area contributed by atoms with E-state index in [2.05, 4.69) is 15.4 Å². The fourth-order valence-electron chi connectivity index (χ4n) is 2.29. The van der Waals surface area contributed by atoms with E-state index in [0.29, 0.717) is 5.69 Å². The van der Waals surface area contributed by atoms with E-state index >= 15 is 0 Å². The summed E-state index contributed by atoms with van der Waals surface area (Å²) in [6.07, 6.45) is 3.34. The van der Waals surface area contributed by atoms with Gasteiger partial charge in [0.2, 0.25) is 0 Å². The van der Waals surface area contributed by atoms with Crippen LogP contribution in [0.2, 0.25) is 0 Å². The molecule has 0 aliphatic carbocycles. The Morgan fingerprint density at radius 2 is 1.75 bits per heavy atom. The van der Waals surface area contributed by atoms with Crippen LogP contribution in [0, 0.1) is 0 Å². The van der Waals surface area contributed by atoms with E-state index in [1.807, 2.05) is 37.3 Å². The van der Waals surface area contributed by atoms with E-state index in [1.165, 1.54) is 16.8 Å². The highest BCUT2D eigenvalue weighted by atomic mass is 16.2. The zero-order chi connectivity index (χ0) is 16.9. The highest BCUT2D eigenvalue weighted by molar-refractivity contribution is 5.92. The summed E-state index contributed by atoms with van der Waals surface area (Å²) < 4.78 is 1.21. The van der Waals surface area contributed by atoms with Gasteiger partial charge in [0.25, 0.3) is 11.5 Å². The van der Waals surface area contributed by atoms with Crippen LogP contribution in [-0.2, 0) is 0 Å². The van der Waals surface area contributed by atoms with Crippen molar-refractivity contribution in [1.82, 2.24) is 20.1 Å². The van der Waals surface area contributed by atoms with Crippen LogP contribution in [0.3, 0.4) is 0 Å². The van der Waals surface area contributed by atoms with Gasteiger partial charge in [-0.2, -0.15) is 9.78 Å². The first kappa shape index (κ1) is 15.6. The number of rotatable bonds is 4. The molecular weight excluding hydrogens is 304 g/mol. The molecule has 3 rings (SSSR count). The van der Waals surface area contributed by atoms with Crippen LogP contribution < -0.4 is 10.9 Å². The Bertz CT molecular complexity index is 892. The van der Waals surface area contributed by atoms with Crippen molar-refractivity contribution in [1.29, 1.82) is 0 Å². The van der Waals surface area contributed by atoms with Gasteiger partial charge in [-0.05, 0) is 42.8 Å². The van der Waals surface area contributed by atoms with Crippen LogP contribution in [0.5, 0.6) is 0 Å². The first-order valence-corrected chi connectivity index (χ1v) is 7.52. The Labute approximate surface area is 138 Å². The summed E-state index contributed by atoms with van der Waals surface area (Å²) in [6, 6.07) is 15.2. The molecule has 2 heterocycles. The van der Waals surface area contributed by atoms with Gasteiger partial charge in [-0.25, -0.2) is 0 Å². The quantitative estimate of drug-likeness (QED) is 0.799. The molecule has 0 saturated carbocycles. The number of hydrogen-bond acceptors (Lipinski definition) is 4. The molecule has 0 fully saturated rings. The lowest BCUT2D eigenvalue weighted by atomic mass is 10.1. The molecule has 0 aliphatic rings. The molecule has 2 aromatic heterocycles. The molecule has 1 N–H and O–H groups in total. The van der Waals surface area contributed by atoms with Gasteiger partial charge in [0, 0.05) is 18.5 Å². The number of benzene rings is 1. The van der Waals surface area contributed by atoms with Crippen molar-refractivity contribution in [2.75, 3.05) is 0 Å². The molecule has 1 atom stereocenters. The molecule has 0 spiro atoms. The lowest BCUT2D eigenvalue weighted by Gasteiger charge is -2.14. The SMILES string of the molecule is CC(NC(=O)c1ccc(=O)n(-c2ccccc2)n1)c1ccncc1. The lowest BCUT2D eigenvalue weighted by molar-refractivity contribution is 0.0933. The van der Waals surface area contributed by atoms with Crippen molar-refractivity contribution in [2.24, 2.45) is 0 Å². The van der Waals surface area contributed by atoms with Gasteiger partial charge in [0.15, 0.2) is 0 Å². The van der Waals surface area contributed by atoms with E-state index in [4.69, 9.17) is 0 Å². The number of pyridine rings is 1. The average Bonchev–Trinajstić information content (AvgIpc) is 2.63. The number of hydrogen-bond donors (Lipinski definition) is 1. The Morgan fingerprint density at radius 3 is 2.46 bits per heavy atom. The van der Waals surface area contributed by atoms with Gasteiger partial charge < -0.3 is 5.32 Å². The van der Waals surface area contributed by atoms with E-state index in [0.717, 1.165) is 5.56 Å². The van der Waals surface area contributed by atoms with Crippen molar-refractivity contribution in [3.8, 4) is 5.69 Å². The number of aromatic nitrogens is 3. The summed E-state index contributed by atoms with van der Waals surface area (Å²) in [7, 11) is 0. The minimum atomic E-state index is -0.344. The van der Waals surface area contributed by atoms with Crippen LogP contribution in [0.25, 0.3) is 5.69 Å². The first-order chi connectivity index (χ1) is 11.6. The maximum atomic E-state index is 12.4. The number of nitrogens with one attached hydrogen (secondary N) is 1. The van der Waals surface area contributed by atoms with Crippen LogP contribution in [0.15, 0.2) is 71.8 Å². The molecule has 120 valence electrons. The molecule has 6 nitrogen and oxygen atoms in total. The summed E-state index contributed by atoms with van der Waals surface area (Å²) >= 11 is 0. The lowest BCUT2D eigenvalue weighted by Crippen LogP contribution is -2.30. The molecule has 1 aromatic carbocycles. The topological polar surface area (TPSA) is 76.9 Å². The summed E-state index contributed by atoms with van der Waals surface area (Å²) in [6.45, 7) is 1.88. The number of amides is 1. The third-order valence-corrected chi connectivity index (χ3v) is 3.59. The zero-order valence-electron chi connectivity index (χ0n) is 13.1. The standard InChI is InChI=1S/C18H16N4O2/c1-13(14-9-11-19-12-10-14)20-18(24)16-7-8-17(23)22(21-16)15-5-3-2-4-6-15/h2-13H,1H3,(H,20,24). The number of nitrogens with zero attached hydrogens (tertiary/aromatic N) is 3. The Morgan fingerprint density at radius 1 is 1.04 bits per heavy atom. The highest BCUT2D eigenvalue weighted by Gasteiger charge is 2.14. The molecule has 24 heavy (non-hydrogen) atoms. The minimum Gasteiger partial charge on any atom is -0.344 e. The highest BCUT2D eigenvalue weighted by Crippen LogP contribution is 2.11. The largest absolute Gasteiger partial charge is 0.344 e. The van der Waals surface area contributed by atoms with E-state index in [-0.39, 0.29) is 23.2 Å². The van der Waals surface area contributed by atoms with Crippen LogP contribution in [-0.4, -0.2) is 20.7 Å². The second-order valence-corrected chi connectivity index (χ2v) is 5.28. The normalized spacial score (nSPS) is 11.7. The molecule has 6 heteroatoms. The minimum absolute atomic E-state index is 0.180. The van der Waals surface area contributed by atoms with Crippen LogP contribution in [0.4, 0.5) is 0 Å². The number of carbonyl (C=O) groups excluding carboxylic acids is 1. The fourth-order valence-corrected chi connectivity index (χ4v) is 2.29. The molecule has 3 aromatic rings. The predicted molar refractivity (Wildman–Crippen MR) is 90.0 cm³/mol. The van der Waals surface area contributed by atoms with Gasteiger partial charge in [-0.15, -0.1) is 0 Å². The Kier molecular flexibility index (Phi) is 4.47. The van der Waals surface area contributed by atoms with E-state index in [9.17, 15) is 9.59 Å². The number of para-hydroxylation sites is 1. The summed E-state index contributed by atoms with van der Waals surface area (Å²) in [5.41, 5.74) is 1.44. The predicted octanol–water partition coefficient (Wildman–Crippen LogP) is 2.12. The fraction of sp³-hybridized carbons (Fsp3) is 0.111. The third kappa shape index (κ3) is 3.38. The maximum Gasteiger partial charge on any atom is 0.272 e. The van der Waals surface area contributed by atoms with Crippen molar-refractivity contribution in [3.63, 3.8) is 0 Å². The summed E-state index contributed by atoms with van der Waals surface area (Å²) in [5.74, 6) is -0.344. The van der Waals surface area contributed by atoms with Crippen LogP contribution >= 0.6 is 0 Å². The molecule has 1 amide bonds. The Hall–Kier alpha value is -3.28. The second-order valence-electron chi connectivity index (χ2n) is 5.28. The molecule has 0 bridgehead atoms.